The lowest BCUT2D eigenvalue weighted by Crippen LogP contribution is -2.47. The number of hydrogen-bond donors (Lipinski definition) is 2. The Labute approximate surface area is 199 Å². The normalized spacial score (nSPS) is 16.6. The molecule has 7 nitrogen and oxygen atoms in total. The van der Waals surface area contributed by atoms with E-state index < -0.39 is 6.61 Å². The average Bonchev–Trinajstić information content (AvgIpc) is 2.69. The number of hydrogen-bond acceptors (Lipinski definition) is 4. The summed E-state index contributed by atoms with van der Waals surface area (Å²) in [5.74, 6) is 1.11. The zero-order valence-electron chi connectivity index (χ0n) is 18.1. The third-order valence-electron chi connectivity index (χ3n) is 4.77. The highest BCUT2D eigenvalue weighted by Crippen LogP contribution is 2.28. The summed E-state index contributed by atoms with van der Waals surface area (Å²) in [7, 11) is 0. The summed E-state index contributed by atoms with van der Waals surface area (Å²) in [6.07, 6.45) is 3.05. The molecule has 1 heterocycles. The van der Waals surface area contributed by atoms with Crippen molar-refractivity contribution >= 4 is 35.8 Å². The van der Waals surface area contributed by atoms with Crippen molar-refractivity contribution < 1.29 is 23.0 Å². The van der Waals surface area contributed by atoms with Crippen LogP contribution in [0.4, 0.5) is 8.78 Å². The van der Waals surface area contributed by atoms with Crippen molar-refractivity contribution in [3.8, 4) is 11.5 Å². The van der Waals surface area contributed by atoms with Crippen LogP contribution in [0.5, 0.6) is 11.5 Å². The molecule has 0 saturated carbocycles. The molecule has 1 atom stereocenters. The van der Waals surface area contributed by atoms with Crippen LogP contribution in [-0.2, 0) is 11.3 Å². The van der Waals surface area contributed by atoms with Gasteiger partial charge in [0.25, 0.3) is 0 Å². The Balaban J connectivity index is 0.00000480. The summed E-state index contributed by atoms with van der Waals surface area (Å²) in [4.78, 5) is 18.0. The van der Waals surface area contributed by atoms with Crippen molar-refractivity contribution in [1.29, 1.82) is 0 Å². The molecule has 1 unspecified atom stereocenters. The number of guanidine groups is 1. The molecule has 0 aromatic heterocycles. The minimum atomic E-state index is -2.93. The Morgan fingerprint density at radius 3 is 2.81 bits per heavy atom. The predicted molar refractivity (Wildman–Crippen MR) is 127 cm³/mol. The standard InChI is InChI=1S/C21H32F2N4O3.HI/c1-3-10-29-17-8-7-16(18(12-17)30-20(22)23)13-26-21(25-4-2)27-9-5-6-15(14-27)11-19(24)28;/h7-8,12,15,20H,3-6,9-11,13-14H2,1-2H3,(H2,24,28)(H,25,26);1H. The van der Waals surface area contributed by atoms with Gasteiger partial charge in [-0.05, 0) is 44.2 Å². The number of rotatable bonds is 10. The smallest absolute Gasteiger partial charge is 0.387 e. The third kappa shape index (κ3) is 9.44. The second-order valence-electron chi connectivity index (χ2n) is 7.29. The van der Waals surface area contributed by atoms with Crippen LogP contribution in [0.15, 0.2) is 23.2 Å². The van der Waals surface area contributed by atoms with Gasteiger partial charge in [0.2, 0.25) is 5.91 Å². The van der Waals surface area contributed by atoms with E-state index in [1.165, 1.54) is 6.07 Å². The lowest BCUT2D eigenvalue weighted by molar-refractivity contribution is -0.119. The SMILES string of the molecule is CCCOc1ccc(CN=C(NCC)N2CCCC(CC(N)=O)C2)c(OC(F)F)c1.I. The van der Waals surface area contributed by atoms with Crippen LogP contribution in [0.2, 0.25) is 0 Å². The van der Waals surface area contributed by atoms with Crippen LogP contribution in [0.1, 0.15) is 45.1 Å². The van der Waals surface area contributed by atoms with E-state index in [-0.39, 0.29) is 48.1 Å². The highest BCUT2D eigenvalue weighted by atomic mass is 127. The molecule has 0 aliphatic carbocycles. The Morgan fingerprint density at radius 1 is 1.39 bits per heavy atom. The lowest BCUT2D eigenvalue weighted by atomic mass is 9.95. The van der Waals surface area contributed by atoms with Gasteiger partial charge in [-0.3, -0.25) is 4.79 Å². The molecule has 3 N–H and O–H groups in total. The number of carbonyl (C=O) groups excluding carboxylic acids is 1. The predicted octanol–water partition coefficient (Wildman–Crippen LogP) is 3.75. The van der Waals surface area contributed by atoms with E-state index in [9.17, 15) is 13.6 Å². The first-order valence-electron chi connectivity index (χ1n) is 10.4. The van der Waals surface area contributed by atoms with Gasteiger partial charge in [-0.1, -0.05) is 6.92 Å². The molecule has 176 valence electrons. The van der Waals surface area contributed by atoms with E-state index in [2.05, 4.69) is 15.2 Å². The summed E-state index contributed by atoms with van der Waals surface area (Å²) < 4.78 is 36.0. The first-order chi connectivity index (χ1) is 14.4. The van der Waals surface area contributed by atoms with Gasteiger partial charge in [0, 0.05) is 37.7 Å². The molecule has 1 saturated heterocycles. The van der Waals surface area contributed by atoms with Crippen LogP contribution in [-0.4, -0.2) is 49.6 Å². The van der Waals surface area contributed by atoms with Gasteiger partial charge in [-0.25, -0.2) is 4.99 Å². The molecule has 0 radical (unpaired) electrons. The Morgan fingerprint density at radius 2 is 2.16 bits per heavy atom. The highest BCUT2D eigenvalue weighted by molar-refractivity contribution is 14.0. The van der Waals surface area contributed by atoms with Crippen LogP contribution in [0, 0.1) is 5.92 Å². The largest absolute Gasteiger partial charge is 0.493 e. The molecule has 1 amide bonds. The van der Waals surface area contributed by atoms with Crippen LogP contribution < -0.4 is 20.5 Å². The number of primary amides is 1. The van der Waals surface area contributed by atoms with E-state index >= 15 is 0 Å². The van der Waals surface area contributed by atoms with Crippen LogP contribution in [0.25, 0.3) is 0 Å². The highest BCUT2D eigenvalue weighted by Gasteiger charge is 2.23. The lowest BCUT2D eigenvalue weighted by Gasteiger charge is -2.34. The minimum Gasteiger partial charge on any atom is -0.493 e. The Hall–Kier alpha value is -1.85. The molecule has 1 aliphatic rings. The fraction of sp³-hybridized carbons (Fsp3) is 0.619. The zero-order chi connectivity index (χ0) is 21.9. The third-order valence-corrected chi connectivity index (χ3v) is 4.77. The first kappa shape index (κ1) is 27.2. The van der Waals surface area contributed by atoms with E-state index in [0.717, 1.165) is 25.8 Å². The van der Waals surface area contributed by atoms with Crippen molar-refractivity contribution in [2.75, 3.05) is 26.2 Å². The zero-order valence-corrected chi connectivity index (χ0v) is 20.4. The van der Waals surface area contributed by atoms with Gasteiger partial charge in [0.15, 0.2) is 5.96 Å². The summed E-state index contributed by atoms with van der Waals surface area (Å²) in [5.41, 5.74) is 5.89. The molecule has 0 bridgehead atoms. The number of nitrogens with one attached hydrogen (secondary N) is 1. The number of likely N-dealkylation sites (tertiary alicyclic amines) is 1. The monoisotopic (exact) mass is 554 g/mol. The number of alkyl halides is 2. The number of halogens is 3. The molecule has 1 aliphatic heterocycles. The summed E-state index contributed by atoms with van der Waals surface area (Å²) in [6, 6.07) is 4.90. The van der Waals surface area contributed by atoms with Crippen molar-refractivity contribution in [3.05, 3.63) is 23.8 Å². The molecule has 1 aromatic rings. The molecule has 1 aromatic carbocycles. The number of benzene rings is 1. The maximum Gasteiger partial charge on any atom is 0.387 e. The quantitative estimate of drug-likeness (QED) is 0.262. The van der Waals surface area contributed by atoms with Crippen molar-refractivity contribution in [2.45, 2.75) is 52.7 Å². The van der Waals surface area contributed by atoms with Gasteiger partial charge >= 0.3 is 6.61 Å². The van der Waals surface area contributed by atoms with Crippen molar-refractivity contribution in [1.82, 2.24) is 10.2 Å². The number of aliphatic imine (C=N–C) groups is 1. The fourth-order valence-corrected chi connectivity index (χ4v) is 3.48. The minimum absolute atomic E-state index is 0. The summed E-state index contributed by atoms with van der Waals surface area (Å²) in [5, 5.41) is 3.24. The van der Waals surface area contributed by atoms with Crippen molar-refractivity contribution in [2.24, 2.45) is 16.6 Å². The van der Waals surface area contributed by atoms with E-state index in [1.807, 2.05) is 13.8 Å². The Kier molecular flexibility index (Phi) is 12.5. The fourth-order valence-electron chi connectivity index (χ4n) is 3.48. The molecule has 31 heavy (non-hydrogen) atoms. The van der Waals surface area contributed by atoms with Gasteiger partial charge < -0.3 is 25.4 Å². The number of amides is 1. The topological polar surface area (TPSA) is 89.2 Å². The maximum atomic E-state index is 12.9. The molecular formula is C21H33F2IN4O3. The first-order valence-corrected chi connectivity index (χ1v) is 10.4. The molecule has 2 rings (SSSR count). The summed E-state index contributed by atoms with van der Waals surface area (Å²) >= 11 is 0. The van der Waals surface area contributed by atoms with Gasteiger partial charge in [0.05, 0.1) is 13.2 Å². The van der Waals surface area contributed by atoms with Gasteiger partial charge in [-0.2, -0.15) is 8.78 Å². The van der Waals surface area contributed by atoms with E-state index in [1.54, 1.807) is 12.1 Å². The second kappa shape index (κ2) is 14.3. The van der Waals surface area contributed by atoms with Crippen molar-refractivity contribution in [3.63, 3.8) is 0 Å². The van der Waals surface area contributed by atoms with E-state index in [4.69, 9.17) is 15.2 Å². The molecule has 0 spiro atoms. The second-order valence-corrected chi connectivity index (χ2v) is 7.29. The molecule has 1 fully saturated rings. The number of nitrogens with zero attached hydrogens (tertiary/aromatic N) is 2. The number of carbonyl (C=O) groups is 1. The number of ether oxygens (including phenoxy) is 2. The van der Waals surface area contributed by atoms with Crippen LogP contribution >= 0.6 is 24.0 Å². The maximum absolute atomic E-state index is 12.9. The summed E-state index contributed by atoms with van der Waals surface area (Å²) in [6.45, 7) is 3.83. The molecular weight excluding hydrogens is 521 g/mol. The number of piperidine rings is 1. The van der Waals surface area contributed by atoms with Gasteiger partial charge in [-0.15, -0.1) is 24.0 Å². The van der Waals surface area contributed by atoms with E-state index in [0.29, 0.717) is 43.4 Å². The van der Waals surface area contributed by atoms with Crippen LogP contribution in [0.3, 0.4) is 0 Å². The average molecular weight is 554 g/mol. The molecule has 10 heteroatoms. The number of nitrogens with two attached hydrogens (primary N) is 1. The van der Waals surface area contributed by atoms with Gasteiger partial charge in [0.1, 0.15) is 11.5 Å². The Bertz CT molecular complexity index is 722.